The maximum atomic E-state index is 12.9. The summed E-state index contributed by atoms with van der Waals surface area (Å²) >= 11 is 0. The summed E-state index contributed by atoms with van der Waals surface area (Å²) in [5.74, 6) is 0.483. The first kappa shape index (κ1) is 22.0. The highest BCUT2D eigenvalue weighted by Gasteiger charge is 2.20. The lowest BCUT2D eigenvalue weighted by Crippen LogP contribution is -2.35. The standard InChI is InChI=1S/C23H28N2O4/c1-7-9-17-12-18(13-20(28-5)22(17)29-6)23(27)25(4)14-21(26)24-19-11-8-10-15(2)16(19)3/h7-8,10-13H,1,9,14H2,2-6H3,(H,24,26). The van der Waals surface area contributed by atoms with Crippen LogP contribution in [0.15, 0.2) is 43.0 Å². The number of carbonyl (C=O) groups is 2. The number of allylic oxidation sites excluding steroid dienone is 1. The van der Waals surface area contributed by atoms with Gasteiger partial charge in [0.15, 0.2) is 11.5 Å². The maximum Gasteiger partial charge on any atom is 0.254 e. The van der Waals surface area contributed by atoms with Gasteiger partial charge in [0.1, 0.15) is 0 Å². The van der Waals surface area contributed by atoms with Gasteiger partial charge in [0, 0.05) is 23.9 Å². The second-order valence-corrected chi connectivity index (χ2v) is 6.82. The number of nitrogens with zero attached hydrogens (tertiary/aromatic N) is 1. The third kappa shape index (κ3) is 5.16. The molecule has 6 heteroatoms. The van der Waals surface area contributed by atoms with Crippen LogP contribution in [-0.2, 0) is 11.2 Å². The summed E-state index contributed by atoms with van der Waals surface area (Å²) in [4.78, 5) is 26.7. The smallest absolute Gasteiger partial charge is 0.254 e. The van der Waals surface area contributed by atoms with Crippen molar-refractivity contribution < 1.29 is 19.1 Å². The fraction of sp³-hybridized carbons (Fsp3) is 0.304. The number of ether oxygens (including phenoxy) is 2. The molecule has 0 bridgehead atoms. The molecule has 29 heavy (non-hydrogen) atoms. The van der Waals surface area contributed by atoms with Gasteiger partial charge >= 0.3 is 0 Å². The number of hydrogen-bond donors (Lipinski definition) is 1. The summed E-state index contributed by atoms with van der Waals surface area (Å²) in [6.45, 7) is 7.61. The lowest BCUT2D eigenvalue weighted by molar-refractivity contribution is -0.116. The fourth-order valence-electron chi connectivity index (χ4n) is 3.06. The summed E-state index contributed by atoms with van der Waals surface area (Å²) in [7, 11) is 4.66. The van der Waals surface area contributed by atoms with Gasteiger partial charge in [-0.05, 0) is 49.6 Å². The van der Waals surface area contributed by atoms with Crippen molar-refractivity contribution in [2.75, 3.05) is 33.1 Å². The van der Waals surface area contributed by atoms with E-state index in [1.54, 1.807) is 32.4 Å². The van der Waals surface area contributed by atoms with E-state index in [0.29, 0.717) is 23.5 Å². The zero-order valence-corrected chi connectivity index (χ0v) is 17.7. The molecule has 0 atom stereocenters. The van der Waals surface area contributed by atoms with Crippen molar-refractivity contribution in [1.29, 1.82) is 0 Å². The molecule has 0 heterocycles. The molecule has 0 aromatic heterocycles. The quantitative estimate of drug-likeness (QED) is 0.690. The maximum absolute atomic E-state index is 12.9. The molecule has 0 saturated carbocycles. The van der Waals surface area contributed by atoms with Crippen LogP contribution >= 0.6 is 0 Å². The average Bonchev–Trinajstić information content (AvgIpc) is 2.70. The van der Waals surface area contributed by atoms with Crippen LogP contribution in [0.1, 0.15) is 27.0 Å². The summed E-state index contributed by atoms with van der Waals surface area (Å²) in [6, 6.07) is 9.07. The first-order chi connectivity index (χ1) is 13.8. The Morgan fingerprint density at radius 3 is 2.52 bits per heavy atom. The van der Waals surface area contributed by atoms with Crippen LogP contribution in [0.3, 0.4) is 0 Å². The molecule has 0 radical (unpaired) electrons. The van der Waals surface area contributed by atoms with Crippen LogP contribution < -0.4 is 14.8 Å². The number of benzene rings is 2. The van der Waals surface area contributed by atoms with Crippen molar-refractivity contribution in [2.24, 2.45) is 0 Å². The average molecular weight is 396 g/mol. The molecule has 0 spiro atoms. The van der Waals surface area contributed by atoms with Crippen LogP contribution in [0.5, 0.6) is 11.5 Å². The van der Waals surface area contributed by atoms with Crippen molar-refractivity contribution in [1.82, 2.24) is 4.90 Å². The number of carbonyl (C=O) groups excluding carboxylic acids is 2. The van der Waals surface area contributed by atoms with Crippen molar-refractivity contribution in [3.63, 3.8) is 0 Å². The van der Waals surface area contributed by atoms with Gasteiger partial charge in [0.2, 0.25) is 5.91 Å². The lowest BCUT2D eigenvalue weighted by atomic mass is 10.0. The minimum atomic E-state index is -0.285. The number of amides is 2. The van der Waals surface area contributed by atoms with E-state index in [1.807, 2.05) is 32.0 Å². The highest BCUT2D eigenvalue weighted by atomic mass is 16.5. The van der Waals surface area contributed by atoms with Crippen molar-refractivity contribution in [2.45, 2.75) is 20.3 Å². The SMILES string of the molecule is C=CCc1cc(C(=O)N(C)CC(=O)Nc2cccc(C)c2C)cc(OC)c1OC. The predicted molar refractivity (Wildman–Crippen MR) is 115 cm³/mol. The van der Waals surface area contributed by atoms with Crippen molar-refractivity contribution in [3.8, 4) is 11.5 Å². The molecule has 2 amide bonds. The molecule has 0 fully saturated rings. The number of hydrogen-bond acceptors (Lipinski definition) is 4. The zero-order valence-electron chi connectivity index (χ0n) is 17.7. The van der Waals surface area contributed by atoms with Crippen molar-refractivity contribution in [3.05, 3.63) is 65.2 Å². The Kier molecular flexibility index (Phi) is 7.42. The molecule has 2 aromatic carbocycles. The first-order valence-corrected chi connectivity index (χ1v) is 9.29. The highest BCUT2D eigenvalue weighted by molar-refractivity contribution is 6.00. The first-order valence-electron chi connectivity index (χ1n) is 9.29. The molecule has 0 aliphatic carbocycles. The third-order valence-corrected chi connectivity index (χ3v) is 4.77. The van der Waals surface area contributed by atoms with E-state index < -0.39 is 0 Å². The van der Waals surface area contributed by atoms with E-state index in [9.17, 15) is 9.59 Å². The van der Waals surface area contributed by atoms with Gasteiger partial charge in [-0.15, -0.1) is 6.58 Å². The summed E-state index contributed by atoms with van der Waals surface area (Å²) in [5, 5.41) is 2.87. The van der Waals surface area contributed by atoms with Gasteiger partial charge in [0.25, 0.3) is 5.91 Å². The Morgan fingerprint density at radius 2 is 1.90 bits per heavy atom. The Labute approximate surface area is 172 Å². The minimum Gasteiger partial charge on any atom is -0.493 e. The second-order valence-electron chi connectivity index (χ2n) is 6.82. The van der Waals surface area contributed by atoms with Gasteiger partial charge in [-0.25, -0.2) is 0 Å². The normalized spacial score (nSPS) is 10.2. The Hall–Kier alpha value is -3.28. The number of nitrogens with one attached hydrogen (secondary N) is 1. The summed E-state index contributed by atoms with van der Waals surface area (Å²) in [5.41, 5.74) is 4.05. The lowest BCUT2D eigenvalue weighted by Gasteiger charge is -2.20. The molecule has 1 N–H and O–H groups in total. The topological polar surface area (TPSA) is 67.9 Å². The zero-order chi connectivity index (χ0) is 21.6. The predicted octanol–water partition coefficient (Wildman–Crippen LogP) is 3.76. The largest absolute Gasteiger partial charge is 0.493 e. The van der Waals surface area contributed by atoms with Crippen LogP contribution in [0.4, 0.5) is 5.69 Å². The fourth-order valence-corrected chi connectivity index (χ4v) is 3.06. The number of anilines is 1. The van der Waals surface area contributed by atoms with Crippen LogP contribution in [-0.4, -0.2) is 44.5 Å². The van der Waals surface area contributed by atoms with E-state index in [-0.39, 0.29) is 18.4 Å². The molecular formula is C23H28N2O4. The van der Waals surface area contributed by atoms with Gasteiger partial charge in [-0.1, -0.05) is 18.2 Å². The van der Waals surface area contributed by atoms with Crippen LogP contribution in [0, 0.1) is 13.8 Å². The van der Waals surface area contributed by atoms with E-state index in [0.717, 1.165) is 22.4 Å². The summed E-state index contributed by atoms with van der Waals surface area (Å²) < 4.78 is 10.8. The molecule has 154 valence electrons. The molecule has 0 aliphatic rings. The molecule has 0 unspecified atom stereocenters. The van der Waals surface area contributed by atoms with Gasteiger partial charge in [0.05, 0.1) is 20.8 Å². The van der Waals surface area contributed by atoms with Gasteiger partial charge in [-0.3, -0.25) is 9.59 Å². The molecular weight excluding hydrogens is 368 g/mol. The van der Waals surface area contributed by atoms with Crippen LogP contribution in [0.2, 0.25) is 0 Å². The monoisotopic (exact) mass is 396 g/mol. The van der Waals surface area contributed by atoms with Gasteiger partial charge in [-0.2, -0.15) is 0 Å². The Bertz CT molecular complexity index is 921. The molecule has 0 saturated heterocycles. The molecule has 6 nitrogen and oxygen atoms in total. The number of methoxy groups -OCH3 is 2. The second kappa shape index (κ2) is 9.78. The Balaban J connectivity index is 2.18. The minimum absolute atomic E-state index is 0.0721. The van der Waals surface area contributed by atoms with Gasteiger partial charge < -0.3 is 19.7 Å². The molecule has 0 aliphatic heterocycles. The van der Waals surface area contributed by atoms with E-state index in [1.165, 1.54) is 12.0 Å². The van der Waals surface area contributed by atoms with E-state index in [4.69, 9.17) is 9.47 Å². The number of aryl methyl sites for hydroxylation is 1. The van der Waals surface area contributed by atoms with E-state index in [2.05, 4.69) is 11.9 Å². The molecule has 2 aromatic rings. The summed E-state index contributed by atoms with van der Waals surface area (Å²) in [6.07, 6.45) is 2.25. The molecule has 2 rings (SSSR count). The van der Waals surface area contributed by atoms with E-state index >= 15 is 0 Å². The Morgan fingerprint density at radius 1 is 1.17 bits per heavy atom. The van der Waals surface area contributed by atoms with Crippen LogP contribution in [0.25, 0.3) is 0 Å². The highest BCUT2D eigenvalue weighted by Crippen LogP contribution is 2.33. The van der Waals surface area contributed by atoms with Crippen molar-refractivity contribution >= 4 is 17.5 Å². The number of likely N-dealkylation sites (N-methyl/N-ethyl adjacent to an activating group) is 1. The number of rotatable bonds is 8. The third-order valence-electron chi connectivity index (χ3n) is 4.77.